The Bertz CT molecular complexity index is 862. The number of carbonyl (C=O) groups excluding carboxylic acids is 2. The largest absolute Gasteiger partial charge is 0.497 e. The molecule has 0 radical (unpaired) electrons. The van der Waals surface area contributed by atoms with Gasteiger partial charge in [-0.2, -0.15) is 0 Å². The van der Waals surface area contributed by atoms with Crippen LogP contribution in [0.3, 0.4) is 0 Å². The minimum Gasteiger partial charge on any atom is -0.497 e. The first kappa shape index (κ1) is 17.2. The van der Waals surface area contributed by atoms with Gasteiger partial charge >= 0.3 is 5.91 Å². The average Bonchev–Trinajstić information content (AvgIpc) is 3.47. The highest BCUT2D eigenvalue weighted by molar-refractivity contribution is 9.10. The number of halogens is 1. The van der Waals surface area contributed by atoms with Gasteiger partial charge in [-0.05, 0) is 48.7 Å². The number of amides is 1. The van der Waals surface area contributed by atoms with E-state index in [1.807, 2.05) is 36.4 Å². The number of ketones is 1. The molecule has 0 spiro atoms. The molecule has 4 rings (SSSR count). The monoisotopic (exact) mass is 414 g/mol. The van der Waals surface area contributed by atoms with E-state index in [0.717, 1.165) is 35.2 Å². The summed E-state index contributed by atoms with van der Waals surface area (Å²) in [5.74, 6) is -0.0495. The summed E-state index contributed by atoms with van der Waals surface area (Å²) in [6.45, 7) is 1.16. The van der Waals surface area contributed by atoms with Crippen LogP contribution in [0, 0.1) is 0 Å². The van der Waals surface area contributed by atoms with Crippen LogP contribution < -0.4 is 9.64 Å². The number of anilines is 1. The molecule has 1 fully saturated rings. The van der Waals surface area contributed by atoms with Gasteiger partial charge < -0.3 is 4.74 Å². The molecule has 1 aliphatic carbocycles. The van der Waals surface area contributed by atoms with Gasteiger partial charge in [-0.15, -0.1) is 0 Å². The SMILES string of the molecule is COc1ccc(CN(CN2C(=O)C(=O)c3cc(Br)ccc32)C2CC2)cc1. The fraction of sp³-hybridized carbons (Fsp3) is 0.300. The fourth-order valence-corrected chi connectivity index (χ4v) is 3.66. The minimum absolute atomic E-state index is 0.426. The molecule has 26 heavy (non-hydrogen) atoms. The maximum atomic E-state index is 12.5. The highest BCUT2D eigenvalue weighted by atomic mass is 79.9. The van der Waals surface area contributed by atoms with Crippen LogP contribution in [0.4, 0.5) is 5.69 Å². The zero-order valence-corrected chi connectivity index (χ0v) is 16.0. The number of carbonyl (C=O) groups is 2. The molecule has 2 aliphatic rings. The highest BCUT2D eigenvalue weighted by Crippen LogP contribution is 2.34. The Morgan fingerprint density at radius 3 is 2.54 bits per heavy atom. The van der Waals surface area contributed by atoms with Gasteiger partial charge in [0.15, 0.2) is 0 Å². The third-order valence-corrected chi connectivity index (χ3v) is 5.36. The van der Waals surface area contributed by atoms with E-state index in [1.165, 1.54) is 0 Å². The van der Waals surface area contributed by atoms with Crippen LogP contribution in [0.5, 0.6) is 5.75 Å². The molecule has 1 amide bonds. The fourth-order valence-electron chi connectivity index (χ4n) is 3.29. The second kappa shape index (κ2) is 6.85. The van der Waals surface area contributed by atoms with Crippen molar-refractivity contribution < 1.29 is 14.3 Å². The Balaban J connectivity index is 1.55. The Hall–Kier alpha value is -2.18. The molecule has 0 aromatic heterocycles. The molecule has 2 aromatic rings. The van der Waals surface area contributed by atoms with E-state index in [1.54, 1.807) is 18.1 Å². The molecule has 0 unspecified atom stereocenters. The molecular formula is C20H19BrN2O3. The summed E-state index contributed by atoms with van der Waals surface area (Å²) in [7, 11) is 1.65. The molecular weight excluding hydrogens is 396 g/mol. The summed E-state index contributed by atoms with van der Waals surface area (Å²) in [6, 6.07) is 13.8. The first-order valence-electron chi connectivity index (χ1n) is 8.59. The number of methoxy groups -OCH3 is 1. The smallest absolute Gasteiger partial charge is 0.300 e. The molecule has 0 N–H and O–H groups in total. The molecule has 0 saturated heterocycles. The van der Waals surface area contributed by atoms with Crippen molar-refractivity contribution in [1.82, 2.24) is 4.90 Å². The lowest BCUT2D eigenvalue weighted by Crippen LogP contribution is -2.41. The van der Waals surface area contributed by atoms with Crippen molar-refractivity contribution in [2.45, 2.75) is 25.4 Å². The highest BCUT2D eigenvalue weighted by Gasteiger charge is 2.39. The maximum Gasteiger partial charge on any atom is 0.300 e. The van der Waals surface area contributed by atoms with Gasteiger partial charge in [0.25, 0.3) is 5.78 Å². The van der Waals surface area contributed by atoms with Crippen LogP contribution in [0.2, 0.25) is 0 Å². The second-order valence-corrected chi connectivity index (χ2v) is 7.61. The zero-order chi connectivity index (χ0) is 18.3. The van der Waals surface area contributed by atoms with Crippen molar-refractivity contribution in [3.63, 3.8) is 0 Å². The van der Waals surface area contributed by atoms with Gasteiger partial charge in [0.05, 0.1) is 25.0 Å². The number of nitrogens with zero attached hydrogens (tertiary/aromatic N) is 2. The zero-order valence-electron chi connectivity index (χ0n) is 14.4. The predicted molar refractivity (Wildman–Crippen MR) is 102 cm³/mol. The van der Waals surface area contributed by atoms with E-state index in [4.69, 9.17) is 4.74 Å². The lowest BCUT2D eigenvalue weighted by Gasteiger charge is -2.28. The number of rotatable bonds is 6. The standard InChI is InChI=1S/C20H19BrN2O3/c1-26-16-7-2-13(3-8-16)11-22(15-5-6-15)12-23-18-9-4-14(21)10-17(18)19(24)20(23)25/h2-4,7-10,15H,5-6,11-12H2,1H3. The number of benzene rings is 2. The third kappa shape index (κ3) is 3.27. The molecule has 1 aliphatic heterocycles. The molecule has 0 atom stereocenters. The van der Waals surface area contributed by atoms with Crippen LogP contribution >= 0.6 is 15.9 Å². The number of hydrogen-bond donors (Lipinski definition) is 0. The molecule has 134 valence electrons. The van der Waals surface area contributed by atoms with Crippen molar-refractivity contribution in [3.8, 4) is 5.75 Å². The third-order valence-electron chi connectivity index (χ3n) is 4.86. The summed E-state index contributed by atoms with van der Waals surface area (Å²) in [5.41, 5.74) is 2.33. The van der Waals surface area contributed by atoms with Crippen molar-refractivity contribution in [1.29, 1.82) is 0 Å². The van der Waals surface area contributed by atoms with Gasteiger partial charge in [0.1, 0.15) is 5.75 Å². The molecule has 0 bridgehead atoms. The van der Waals surface area contributed by atoms with Crippen LogP contribution in [-0.4, -0.2) is 36.4 Å². The van der Waals surface area contributed by atoms with E-state index in [9.17, 15) is 9.59 Å². The van der Waals surface area contributed by atoms with E-state index < -0.39 is 11.7 Å². The minimum atomic E-state index is -0.446. The first-order valence-corrected chi connectivity index (χ1v) is 9.39. The van der Waals surface area contributed by atoms with Crippen LogP contribution in [0.25, 0.3) is 0 Å². The first-order chi connectivity index (χ1) is 12.6. The number of fused-ring (bicyclic) bond motifs is 1. The van der Waals surface area contributed by atoms with Gasteiger partial charge in [0, 0.05) is 17.1 Å². The van der Waals surface area contributed by atoms with Crippen LogP contribution in [0.1, 0.15) is 28.8 Å². The summed E-state index contributed by atoms with van der Waals surface area (Å²) >= 11 is 3.37. The second-order valence-electron chi connectivity index (χ2n) is 6.69. The summed E-state index contributed by atoms with van der Waals surface area (Å²) in [6.07, 6.45) is 2.25. The van der Waals surface area contributed by atoms with E-state index in [0.29, 0.717) is 24.0 Å². The van der Waals surface area contributed by atoms with E-state index >= 15 is 0 Å². The lowest BCUT2D eigenvalue weighted by molar-refractivity contribution is -0.114. The Kier molecular flexibility index (Phi) is 4.54. The Labute approximate surface area is 160 Å². The van der Waals surface area contributed by atoms with Crippen molar-refractivity contribution >= 4 is 33.3 Å². The van der Waals surface area contributed by atoms with Crippen LogP contribution in [0.15, 0.2) is 46.9 Å². The average molecular weight is 415 g/mol. The van der Waals surface area contributed by atoms with Crippen molar-refractivity contribution in [2.24, 2.45) is 0 Å². The molecule has 2 aromatic carbocycles. The predicted octanol–water partition coefficient (Wildman–Crippen LogP) is 3.61. The topological polar surface area (TPSA) is 49.9 Å². The number of hydrogen-bond acceptors (Lipinski definition) is 4. The maximum absolute atomic E-state index is 12.5. The van der Waals surface area contributed by atoms with Gasteiger partial charge in [-0.25, -0.2) is 0 Å². The molecule has 5 nitrogen and oxygen atoms in total. The number of Topliss-reactive ketones (excluding diaryl/α,β-unsaturated/α-hetero) is 1. The normalized spacial score (nSPS) is 16.3. The Morgan fingerprint density at radius 2 is 1.88 bits per heavy atom. The lowest BCUT2D eigenvalue weighted by atomic mass is 10.1. The summed E-state index contributed by atoms with van der Waals surface area (Å²) in [4.78, 5) is 28.7. The van der Waals surface area contributed by atoms with Gasteiger partial charge in [0.2, 0.25) is 0 Å². The van der Waals surface area contributed by atoms with Gasteiger partial charge in [-0.3, -0.25) is 19.4 Å². The summed E-state index contributed by atoms with van der Waals surface area (Å²) < 4.78 is 6.01. The van der Waals surface area contributed by atoms with Crippen molar-refractivity contribution in [3.05, 3.63) is 58.1 Å². The van der Waals surface area contributed by atoms with E-state index in [-0.39, 0.29) is 0 Å². The van der Waals surface area contributed by atoms with Gasteiger partial charge in [-0.1, -0.05) is 28.1 Å². The summed E-state index contributed by atoms with van der Waals surface area (Å²) in [5, 5.41) is 0. The van der Waals surface area contributed by atoms with Crippen molar-refractivity contribution in [2.75, 3.05) is 18.7 Å². The van der Waals surface area contributed by atoms with E-state index in [2.05, 4.69) is 20.8 Å². The molecule has 6 heteroatoms. The Morgan fingerprint density at radius 1 is 1.15 bits per heavy atom. The molecule has 1 heterocycles. The molecule has 1 saturated carbocycles. The number of ether oxygens (including phenoxy) is 1. The van der Waals surface area contributed by atoms with Crippen LogP contribution in [-0.2, 0) is 11.3 Å². The quantitative estimate of drug-likeness (QED) is 0.677.